The number of ether oxygens (including phenoxy) is 2. The summed E-state index contributed by atoms with van der Waals surface area (Å²) in [6.45, 7) is -1.80. The summed E-state index contributed by atoms with van der Waals surface area (Å²) in [5.74, 6) is -0.417. The van der Waals surface area contributed by atoms with Gasteiger partial charge in [0.05, 0.1) is 26.0 Å². The van der Waals surface area contributed by atoms with Crippen LogP contribution in [0.4, 0.5) is 0 Å². The minimum Gasteiger partial charge on any atom is -0.394 e. The van der Waals surface area contributed by atoms with Crippen molar-refractivity contribution < 1.29 is 77.2 Å². The highest BCUT2D eigenvalue weighted by Gasteiger charge is 2.54. The number of nitrogens with one attached hydrogen (secondary N) is 3. The first-order valence-corrected chi connectivity index (χ1v) is 14.5. The molecule has 0 aromatic carbocycles. The van der Waals surface area contributed by atoms with Crippen molar-refractivity contribution in [2.75, 3.05) is 19.9 Å². The van der Waals surface area contributed by atoms with Gasteiger partial charge in [-0.15, -0.1) is 0 Å². The predicted octanol–water partition coefficient (Wildman–Crippen LogP) is -7.00. The lowest BCUT2D eigenvalue weighted by atomic mass is 10.00. The third-order valence-electron chi connectivity index (χ3n) is 6.46. The van der Waals surface area contributed by atoms with Crippen molar-refractivity contribution in [1.29, 1.82) is 0 Å². The van der Waals surface area contributed by atoms with E-state index < -0.39 is 109 Å². The molecule has 4 aliphatic rings. The molecule has 39 heavy (non-hydrogen) atoms. The van der Waals surface area contributed by atoms with Gasteiger partial charge in [-0.1, -0.05) is 0 Å². The van der Waals surface area contributed by atoms with Crippen molar-refractivity contribution in [3.63, 3.8) is 0 Å². The molecule has 0 aliphatic carbocycles. The fourth-order valence-corrected chi connectivity index (χ4v) is 6.68. The standard InChI is InChI=1S/C16H31N5O16P2/c17-16-19-12-6(13(28)20-16)18-3-21(12)14-10(26)8(24)5(34-14)2-33-38(29,30)37-39(31,32)36-15-11(27)9(25)7(23)4(1-22)35-15/h4-12,14-16,18-19,22-27H,1-3,17H2,(H,20,28)(H,29,30)(H,31,32)/t4-,5-,6?,7-,8-,9+,10-,11+,12?,14-,15?,16?/m1/s1. The van der Waals surface area contributed by atoms with E-state index in [2.05, 4.69) is 29.3 Å². The second-order valence-corrected chi connectivity index (χ2v) is 12.1. The van der Waals surface area contributed by atoms with Crippen LogP contribution in [-0.4, -0.2) is 145 Å². The third-order valence-corrected chi connectivity index (χ3v) is 9.06. The molecule has 4 rings (SSSR count). The molecule has 14 atom stereocenters. The number of hydrogen-bond donors (Lipinski definition) is 12. The first kappa shape index (κ1) is 31.2. The predicted molar refractivity (Wildman–Crippen MR) is 119 cm³/mol. The molecule has 4 fully saturated rings. The maximum absolute atomic E-state index is 12.3. The minimum absolute atomic E-state index is 0.0229. The van der Waals surface area contributed by atoms with Crippen LogP contribution in [0.15, 0.2) is 0 Å². The molecule has 1 amide bonds. The lowest BCUT2D eigenvalue weighted by Gasteiger charge is -2.39. The molecule has 0 aromatic heterocycles. The molecular formula is C16H31N5O16P2. The Morgan fingerprint density at radius 2 is 1.64 bits per heavy atom. The number of nitrogens with two attached hydrogens (primary N) is 1. The molecule has 226 valence electrons. The summed E-state index contributed by atoms with van der Waals surface area (Å²) in [6.07, 6.45) is -17.2. The van der Waals surface area contributed by atoms with Crippen LogP contribution in [0.2, 0.25) is 0 Å². The molecule has 0 saturated carbocycles. The Hall–Kier alpha value is -0.750. The van der Waals surface area contributed by atoms with Gasteiger partial charge in [0.15, 0.2) is 6.29 Å². The Bertz CT molecular complexity index is 996. The highest BCUT2D eigenvalue weighted by atomic mass is 31.3. The zero-order valence-corrected chi connectivity index (χ0v) is 21.6. The van der Waals surface area contributed by atoms with Gasteiger partial charge >= 0.3 is 15.6 Å². The van der Waals surface area contributed by atoms with Gasteiger partial charge in [-0.25, -0.2) is 14.0 Å². The quantitative estimate of drug-likeness (QED) is 0.108. The van der Waals surface area contributed by atoms with Crippen LogP contribution < -0.4 is 21.7 Å². The number of amides is 1. The monoisotopic (exact) mass is 611 g/mol. The largest absolute Gasteiger partial charge is 0.483 e. The second kappa shape index (κ2) is 11.9. The highest BCUT2D eigenvalue weighted by Crippen LogP contribution is 2.61. The summed E-state index contributed by atoms with van der Waals surface area (Å²) < 4.78 is 48.3. The Labute approximate surface area is 219 Å². The van der Waals surface area contributed by atoms with E-state index in [4.69, 9.17) is 20.3 Å². The highest BCUT2D eigenvalue weighted by molar-refractivity contribution is 7.61. The summed E-state index contributed by atoms with van der Waals surface area (Å²) in [5, 5.41) is 67.6. The lowest BCUT2D eigenvalue weighted by molar-refractivity contribution is -0.280. The summed E-state index contributed by atoms with van der Waals surface area (Å²) in [4.78, 5) is 33.4. The molecule has 21 nitrogen and oxygen atoms in total. The first-order valence-electron chi connectivity index (χ1n) is 11.5. The van der Waals surface area contributed by atoms with E-state index in [9.17, 15) is 49.2 Å². The molecule has 4 aliphatic heterocycles. The van der Waals surface area contributed by atoms with Crippen molar-refractivity contribution in [3.8, 4) is 0 Å². The number of phosphoric ester groups is 2. The molecule has 0 radical (unpaired) electrons. The van der Waals surface area contributed by atoms with Gasteiger partial charge in [-0.3, -0.25) is 30.2 Å². The average molecular weight is 611 g/mol. The van der Waals surface area contributed by atoms with Crippen molar-refractivity contribution in [2.45, 2.75) is 73.7 Å². The smallest absolute Gasteiger partial charge is 0.394 e. The number of aliphatic hydroxyl groups is 6. The SMILES string of the molecule is NC1NC(=O)C2NCN([C@@H]3O[C@H](COP(=O)(O)OP(=O)(O)OC4O[C@H](CO)[C@@H](O)[C@H](O)[C@@H]4O)[C@@H](O)[C@H]3O)C2N1. The molecule has 0 aromatic rings. The van der Waals surface area contributed by atoms with Crippen LogP contribution in [0, 0.1) is 0 Å². The minimum atomic E-state index is -5.57. The van der Waals surface area contributed by atoms with Gasteiger partial charge in [-0.2, -0.15) is 4.31 Å². The van der Waals surface area contributed by atoms with Crippen LogP contribution in [0.5, 0.6) is 0 Å². The Morgan fingerprint density at radius 1 is 0.974 bits per heavy atom. The Kier molecular flexibility index (Phi) is 9.48. The fourth-order valence-electron chi connectivity index (χ4n) is 4.52. The number of phosphoric acid groups is 2. The maximum Gasteiger partial charge on any atom is 0.483 e. The van der Waals surface area contributed by atoms with Gasteiger partial charge in [0, 0.05) is 0 Å². The van der Waals surface area contributed by atoms with Gasteiger partial charge in [0.1, 0.15) is 61.3 Å². The summed E-state index contributed by atoms with van der Waals surface area (Å²) in [5.41, 5.74) is 5.72. The molecule has 6 unspecified atom stereocenters. The van der Waals surface area contributed by atoms with Gasteiger partial charge in [-0.05, 0) is 0 Å². The van der Waals surface area contributed by atoms with Crippen molar-refractivity contribution in [2.24, 2.45) is 5.73 Å². The average Bonchev–Trinajstić information content (AvgIpc) is 3.38. The molecule has 4 saturated heterocycles. The van der Waals surface area contributed by atoms with Crippen LogP contribution in [0.25, 0.3) is 0 Å². The number of fused-ring (bicyclic) bond motifs is 1. The first-order chi connectivity index (χ1) is 18.1. The normalized spacial score (nSPS) is 46.3. The van der Waals surface area contributed by atoms with Crippen LogP contribution in [-0.2, 0) is 36.8 Å². The maximum atomic E-state index is 12.3. The van der Waals surface area contributed by atoms with Gasteiger partial charge in [0.25, 0.3) is 0 Å². The van der Waals surface area contributed by atoms with Gasteiger partial charge < -0.3 is 55.2 Å². The lowest BCUT2D eigenvalue weighted by Crippen LogP contribution is -2.71. The number of carbonyl (C=O) groups excluding carboxylic acids is 1. The summed E-state index contributed by atoms with van der Waals surface area (Å²) >= 11 is 0. The van der Waals surface area contributed by atoms with Crippen molar-refractivity contribution >= 4 is 21.6 Å². The topological polar surface area (TPSA) is 325 Å². The van der Waals surface area contributed by atoms with E-state index in [1.807, 2.05) is 0 Å². The number of rotatable bonds is 9. The van der Waals surface area contributed by atoms with Gasteiger partial charge in [0.2, 0.25) is 5.91 Å². The molecule has 0 spiro atoms. The second-order valence-electron chi connectivity index (χ2n) is 9.12. The zero-order valence-electron chi connectivity index (χ0n) is 19.8. The van der Waals surface area contributed by atoms with Crippen molar-refractivity contribution in [3.05, 3.63) is 0 Å². The molecule has 4 heterocycles. The van der Waals surface area contributed by atoms with Crippen LogP contribution in [0.3, 0.4) is 0 Å². The van der Waals surface area contributed by atoms with E-state index in [0.29, 0.717) is 0 Å². The van der Waals surface area contributed by atoms with E-state index in [0.717, 1.165) is 0 Å². The third kappa shape index (κ3) is 6.68. The molecule has 0 bridgehead atoms. The summed E-state index contributed by atoms with van der Waals surface area (Å²) in [6, 6.07) is -0.763. The molecular weight excluding hydrogens is 580 g/mol. The van der Waals surface area contributed by atoms with Crippen LogP contribution >= 0.6 is 15.6 Å². The van der Waals surface area contributed by atoms with E-state index in [1.54, 1.807) is 0 Å². The molecule has 23 heteroatoms. The number of aliphatic hydroxyl groups excluding tert-OH is 6. The van der Waals surface area contributed by atoms with Crippen molar-refractivity contribution in [1.82, 2.24) is 20.9 Å². The van der Waals surface area contributed by atoms with E-state index in [1.165, 1.54) is 4.90 Å². The number of carbonyl (C=O) groups is 1. The van der Waals surface area contributed by atoms with Crippen LogP contribution in [0.1, 0.15) is 0 Å². The number of hydrogen-bond acceptors (Lipinski definition) is 18. The zero-order chi connectivity index (χ0) is 28.9. The number of nitrogens with zero attached hydrogens (tertiary/aromatic N) is 1. The molecule has 13 N–H and O–H groups in total. The fraction of sp³-hybridized carbons (Fsp3) is 0.938. The van der Waals surface area contributed by atoms with E-state index in [-0.39, 0.29) is 6.67 Å². The van der Waals surface area contributed by atoms with E-state index >= 15 is 0 Å². The summed E-state index contributed by atoms with van der Waals surface area (Å²) in [7, 11) is -11.0. The Morgan fingerprint density at radius 3 is 2.31 bits per heavy atom. The Balaban J connectivity index is 1.33.